The van der Waals surface area contributed by atoms with Crippen LogP contribution >= 0.6 is 0 Å². The Hall–Kier alpha value is -1.29. The number of aryl methyl sites for hydroxylation is 1. The van der Waals surface area contributed by atoms with Gasteiger partial charge in [-0.1, -0.05) is 19.8 Å². The molecule has 108 valence electrons. The molecule has 1 heterocycles. The highest BCUT2D eigenvalue weighted by Gasteiger charge is 2.10. The summed E-state index contributed by atoms with van der Waals surface area (Å²) in [6.45, 7) is 3.52. The number of amides is 1. The average molecular weight is 265 g/mol. The van der Waals surface area contributed by atoms with E-state index in [1.807, 2.05) is 30.1 Å². The van der Waals surface area contributed by atoms with Crippen molar-refractivity contribution in [3.63, 3.8) is 0 Å². The minimum atomic E-state index is 0.141. The number of nitrogens with zero attached hydrogens (tertiary/aromatic N) is 1. The molecule has 0 saturated carbocycles. The molecule has 0 aliphatic carbocycles. The van der Waals surface area contributed by atoms with Crippen molar-refractivity contribution in [3.05, 3.63) is 24.0 Å². The average Bonchev–Trinajstić information content (AvgIpc) is 2.80. The molecule has 1 amide bonds. The Kier molecular flexibility index (Phi) is 7.26. The van der Waals surface area contributed by atoms with Crippen LogP contribution in [0.15, 0.2) is 18.5 Å². The third kappa shape index (κ3) is 6.43. The zero-order chi connectivity index (χ0) is 14.1. The number of aromatic nitrogens is 1. The molecule has 0 aromatic carbocycles. The van der Waals surface area contributed by atoms with Gasteiger partial charge in [-0.25, -0.2) is 0 Å². The van der Waals surface area contributed by atoms with Crippen molar-refractivity contribution in [1.29, 1.82) is 0 Å². The van der Waals surface area contributed by atoms with E-state index in [0.717, 1.165) is 31.4 Å². The molecule has 1 aromatic rings. The zero-order valence-corrected chi connectivity index (χ0v) is 12.2. The second kappa shape index (κ2) is 8.75. The van der Waals surface area contributed by atoms with E-state index in [2.05, 4.69) is 12.2 Å². The molecule has 4 heteroatoms. The molecule has 0 spiro atoms. The highest BCUT2D eigenvalue weighted by atomic mass is 16.1. The highest BCUT2D eigenvalue weighted by molar-refractivity contribution is 5.75. The maximum absolute atomic E-state index is 11.8. The van der Waals surface area contributed by atoms with E-state index in [4.69, 9.17) is 5.73 Å². The van der Waals surface area contributed by atoms with Gasteiger partial charge in [0.2, 0.25) is 5.91 Å². The van der Waals surface area contributed by atoms with Crippen LogP contribution < -0.4 is 11.1 Å². The molecule has 1 unspecified atom stereocenters. The summed E-state index contributed by atoms with van der Waals surface area (Å²) in [6, 6.07) is 2.02. The van der Waals surface area contributed by atoms with Gasteiger partial charge < -0.3 is 15.6 Å². The van der Waals surface area contributed by atoms with Gasteiger partial charge in [0.1, 0.15) is 0 Å². The second-order valence-electron chi connectivity index (χ2n) is 5.23. The quantitative estimate of drug-likeness (QED) is 0.719. The molecule has 19 heavy (non-hydrogen) atoms. The van der Waals surface area contributed by atoms with Crippen molar-refractivity contribution in [2.24, 2.45) is 18.7 Å². The largest absolute Gasteiger partial charge is 0.357 e. The van der Waals surface area contributed by atoms with Gasteiger partial charge in [0.25, 0.3) is 0 Å². The van der Waals surface area contributed by atoms with Gasteiger partial charge in [-0.2, -0.15) is 0 Å². The summed E-state index contributed by atoms with van der Waals surface area (Å²) >= 11 is 0. The minimum Gasteiger partial charge on any atom is -0.357 e. The molecule has 1 atom stereocenters. The van der Waals surface area contributed by atoms with E-state index in [-0.39, 0.29) is 5.91 Å². The van der Waals surface area contributed by atoms with Crippen molar-refractivity contribution in [1.82, 2.24) is 9.88 Å². The number of carbonyl (C=O) groups excluding carboxylic acids is 1. The topological polar surface area (TPSA) is 60.1 Å². The first kappa shape index (κ1) is 15.8. The molecular weight excluding hydrogens is 238 g/mol. The summed E-state index contributed by atoms with van der Waals surface area (Å²) in [6.07, 6.45) is 8.93. The predicted octanol–water partition coefficient (Wildman–Crippen LogP) is 2.19. The molecule has 3 N–H and O–H groups in total. The fourth-order valence-electron chi connectivity index (χ4n) is 2.37. The van der Waals surface area contributed by atoms with Crippen LogP contribution in [0.4, 0.5) is 0 Å². The predicted molar refractivity (Wildman–Crippen MR) is 78.6 cm³/mol. The Bertz CT molecular complexity index is 367. The van der Waals surface area contributed by atoms with E-state index >= 15 is 0 Å². The number of carbonyl (C=O) groups is 1. The standard InChI is InChI=1S/C15H27N3O/c1-3-4-13(7-9-16)5-6-15(19)17-11-14-8-10-18(2)12-14/h8,10,12-13H,3-7,9,11,16H2,1-2H3,(H,17,19). The van der Waals surface area contributed by atoms with Gasteiger partial charge >= 0.3 is 0 Å². The molecule has 0 aliphatic heterocycles. The zero-order valence-electron chi connectivity index (χ0n) is 12.2. The van der Waals surface area contributed by atoms with Gasteiger partial charge in [0.15, 0.2) is 0 Å². The van der Waals surface area contributed by atoms with E-state index < -0.39 is 0 Å². The summed E-state index contributed by atoms with van der Waals surface area (Å²) < 4.78 is 1.99. The molecular formula is C15H27N3O. The number of rotatable bonds is 9. The third-order valence-electron chi connectivity index (χ3n) is 3.43. The lowest BCUT2D eigenvalue weighted by Gasteiger charge is -2.14. The van der Waals surface area contributed by atoms with Gasteiger partial charge in [-0.15, -0.1) is 0 Å². The van der Waals surface area contributed by atoms with Crippen LogP contribution in [0, 0.1) is 5.92 Å². The molecule has 0 aliphatic rings. The van der Waals surface area contributed by atoms with Crippen LogP contribution in [0.5, 0.6) is 0 Å². The lowest BCUT2D eigenvalue weighted by atomic mass is 9.94. The molecule has 0 bridgehead atoms. The summed E-state index contributed by atoms with van der Waals surface area (Å²) in [5, 5.41) is 2.97. The number of hydrogen-bond donors (Lipinski definition) is 2. The molecule has 0 saturated heterocycles. The van der Waals surface area contributed by atoms with E-state index in [9.17, 15) is 4.79 Å². The van der Waals surface area contributed by atoms with E-state index in [1.54, 1.807) is 0 Å². The van der Waals surface area contributed by atoms with E-state index in [1.165, 1.54) is 6.42 Å². The van der Waals surface area contributed by atoms with Crippen LogP contribution in [-0.2, 0) is 18.4 Å². The summed E-state index contributed by atoms with van der Waals surface area (Å²) in [5.74, 6) is 0.736. The van der Waals surface area contributed by atoms with Crippen molar-refractivity contribution in [2.45, 2.75) is 45.6 Å². The van der Waals surface area contributed by atoms with Crippen LogP contribution in [0.1, 0.15) is 44.6 Å². The first-order valence-electron chi connectivity index (χ1n) is 7.23. The minimum absolute atomic E-state index is 0.141. The Balaban J connectivity index is 2.22. The van der Waals surface area contributed by atoms with Gasteiger partial charge in [0.05, 0.1) is 0 Å². The molecule has 1 aromatic heterocycles. The Labute approximate surface area is 116 Å². The Morgan fingerprint density at radius 3 is 2.79 bits per heavy atom. The Morgan fingerprint density at radius 2 is 2.21 bits per heavy atom. The Morgan fingerprint density at radius 1 is 1.42 bits per heavy atom. The maximum atomic E-state index is 11.8. The fourth-order valence-corrected chi connectivity index (χ4v) is 2.37. The van der Waals surface area contributed by atoms with Crippen molar-refractivity contribution in [2.75, 3.05) is 6.54 Å². The third-order valence-corrected chi connectivity index (χ3v) is 3.43. The number of nitrogens with two attached hydrogens (primary N) is 1. The highest BCUT2D eigenvalue weighted by Crippen LogP contribution is 2.16. The van der Waals surface area contributed by atoms with Crippen molar-refractivity contribution in [3.8, 4) is 0 Å². The number of nitrogens with one attached hydrogen (secondary N) is 1. The van der Waals surface area contributed by atoms with E-state index in [0.29, 0.717) is 18.9 Å². The summed E-state index contributed by atoms with van der Waals surface area (Å²) in [7, 11) is 1.98. The summed E-state index contributed by atoms with van der Waals surface area (Å²) in [4.78, 5) is 11.8. The molecule has 1 rings (SSSR count). The molecule has 0 radical (unpaired) electrons. The van der Waals surface area contributed by atoms with Gasteiger partial charge in [0, 0.05) is 32.4 Å². The smallest absolute Gasteiger partial charge is 0.220 e. The van der Waals surface area contributed by atoms with Crippen LogP contribution in [0.25, 0.3) is 0 Å². The molecule has 0 fully saturated rings. The maximum Gasteiger partial charge on any atom is 0.220 e. The lowest BCUT2D eigenvalue weighted by Crippen LogP contribution is -2.23. The van der Waals surface area contributed by atoms with Gasteiger partial charge in [-0.3, -0.25) is 4.79 Å². The number of hydrogen-bond acceptors (Lipinski definition) is 2. The van der Waals surface area contributed by atoms with Crippen LogP contribution in [0.2, 0.25) is 0 Å². The lowest BCUT2D eigenvalue weighted by molar-refractivity contribution is -0.121. The van der Waals surface area contributed by atoms with Crippen molar-refractivity contribution >= 4 is 5.91 Å². The van der Waals surface area contributed by atoms with Crippen LogP contribution in [-0.4, -0.2) is 17.0 Å². The first-order chi connectivity index (χ1) is 9.15. The molecule has 4 nitrogen and oxygen atoms in total. The summed E-state index contributed by atoms with van der Waals surface area (Å²) in [5.41, 5.74) is 6.74. The SMILES string of the molecule is CCCC(CCN)CCC(=O)NCc1ccn(C)c1. The van der Waals surface area contributed by atoms with Gasteiger partial charge in [-0.05, 0) is 36.9 Å². The fraction of sp³-hybridized carbons (Fsp3) is 0.667. The monoisotopic (exact) mass is 265 g/mol. The second-order valence-corrected chi connectivity index (χ2v) is 5.23. The van der Waals surface area contributed by atoms with Crippen LogP contribution in [0.3, 0.4) is 0 Å². The first-order valence-corrected chi connectivity index (χ1v) is 7.23. The normalized spacial score (nSPS) is 12.4. The van der Waals surface area contributed by atoms with Crippen molar-refractivity contribution < 1.29 is 4.79 Å².